The lowest BCUT2D eigenvalue weighted by Gasteiger charge is -2.37. The van der Waals surface area contributed by atoms with Crippen LogP contribution >= 0.6 is 11.3 Å². The maximum absolute atomic E-state index is 14.0. The van der Waals surface area contributed by atoms with Gasteiger partial charge in [-0.15, -0.1) is 11.3 Å². The van der Waals surface area contributed by atoms with Crippen LogP contribution in [0.3, 0.4) is 0 Å². The van der Waals surface area contributed by atoms with Gasteiger partial charge in [-0.05, 0) is 68.4 Å². The average molecular weight is 967 g/mol. The van der Waals surface area contributed by atoms with Crippen molar-refractivity contribution in [2.45, 2.75) is 173 Å². The molecular weight excluding hydrogens is 893 g/mol. The van der Waals surface area contributed by atoms with Crippen molar-refractivity contribution in [2.24, 2.45) is 16.9 Å². The number of aliphatic hydroxyl groups excluding tert-OH is 2. The number of likely N-dealkylation sites (tertiary alicyclic amines) is 1. The number of nitrogens with two attached hydrogens (primary N) is 2. The van der Waals surface area contributed by atoms with E-state index in [2.05, 4.69) is 26.3 Å². The molecule has 3 saturated heterocycles. The number of amides is 7. The van der Waals surface area contributed by atoms with Gasteiger partial charge in [0, 0.05) is 58.5 Å². The number of thiazole rings is 1. The van der Waals surface area contributed by atoms with E-state index in [4.69, 9.17) is 11.5 Å². The van der Waals surface area contributed by atoms with Gasteiger partial charge >= 0.3 is 0 Å². The van der Waals surface area contributed by atoms with Gasteiger partial charge in [0.15, 0.2) is 0 Å². The number of nitrogens with zero attached hydrogens (tertiary/aromatic N) is 4. The van der Waals surface area contributed by atoms with E-state index in [1.165, 1.54) is 16.7 Å². The summed E-state index contributed by atoms with van der Waals surface area (Å²) in [6, 6.07) is 3.04. The van der Waals surface area contributed by atoms with E-state index in [-0.39, 0.29) is 69.1 Å². The molecule has 19 nitrogen and oxygen atoms in total. The number of carbonyl (C=O) groups excluding carboxylic acids is 7. The third kappa shape index (κ3) is 15.0. The van der Waals surface area contributed by atoms with E-state index in [1.807, 2.05) is 52.0 Å². The van der Waals surface area contributed by atoms with Crippen molar-refractivity contribution in [2.75, 3.05) is 26.2 Å². The van der Waals surface area contributed by atoms with Gasteiger partial charge in [-0.2, -0.15) is 0 Å². The minimum Gasteiger partial charge on any atom is -0.391 e. The molecule has 20 heteroatoms. The Morgan fingerprint density at radius 2 is 1.59 bits per heavy atom. The van der Waals surface area contributed by atoms with Gasteiger partial charge in [0.05, 0.1) is 22.2 Å². The molecule has 0 radical (unpaired) electrons. The first-order valence-electron chi connectivity index (χ1n) is 24.1. The van der Waals surface area contributed by atoms with Crippen molar-refractivity contribution in [3.63, 3.8) is 0 Å². The Bertz CT molecular complexity index is 2060. The third-order valence-corrected chi connectivity index (χ3v) is 14.2. The largest absolute Gasteiger partial charge is 0.391 e. The van der Waals surface area contributed by atoms with Crippen molar-refractivity contribution >= 4 is 52.7 Å². The molecular formula is C48H74N10O9S. The van der Waals surface area contributed by atoms with Gasteiger partial charge in [-0.3, -0.25) is 33.6 Å². The summed E-state index contributed by atoms with van der Waals surface area (Å²) < 4.78 is 0. The number of hydrogen-bond donors (Lipinski definition) is 8. The van der Waals surface area contributed by atoms with Crippen LogP contribution in [0, 0.1) is 12.3 Å². The Balaban J connectivity index is 1.01. The minimum absolute atomic E-state index is 0.00903. The number of benzene rings is 1. The van der Waals surface area contributed by atoms with Crippen LogP contribution in [-0.4, -0.2) is 146 Å². The zero-order valence-electron chi connectivity index (χ0n) is 40.3. The smallest absolute Gasteiger partial charge is 0.246 e. The molecule has 2 aromatic rings. The number of unbranched alkanes of at least 4 members (excludes halogenated alkanes) is 5. The molecule has 3 aliphatic rings. The van der Waals surface area contributed by atoms with E-state index < -0.39 is 71.6 Å². The summed E-state index contributed by atoms with van der Waals surface area (Å²) in [5.41, 5.74) is 15.8. The van der Waals surface area contributed by atoms with Crippen LogP contribution in [-0.2, 0) is 40.1 Å². The zero-order valence-corrected chi connectivity index (χ0v) is 41.2. The lowest BCUT2D eigenvalue weighted by Crippen LogP contribution is -2.60. The summed E-state index contributed by atoms with van der Waals surface area (Å²) in [7, 11) is 0. The monoisotopic (exact) mass is 967 g/mol. The standard InChI is InChI=1S/C48H74N10O9S/c1-29-41(68-28-53-29)32-15-13-31(14-16-32)25-52-44(64)38-24-34(60)26-57(38)47(67)42(48(3,4)5)55-40(62)12-10-8-6-7-9-11-22-51-43(63)36(18-20-39(50)61)54-45(65)37-19-17-33-21-23-56(30(2)59)27-35(49)46(66)58(33)37/h13-16,28,33-39,42,60-61H,6-12,17-27,49-50H2,1-5H3,(H,51,63)(H,52,64)(H,54,65)(H,55,62)/t33-,34-,35+,36+,37+,38+,39?,42?/m1/s1. The summed E-state index contributed by atoms with van der Waals surface area (Å²) in [6.45, 7) is 10.0. The maximum Gasteiger partial charge on any atom is 0.246 e. The van der Waals surface area contributed by atoms with Crippen LogP contribution in [0.5, 0.6) is 0 Å². The fraction of sp³-hybridized carbons (Fsp3) is 0.667. The van der Waals surface area contributed by atoms with Crippen molar-refractivity contribution < 1.29 is 43.8 Å². The molecule has 0 aliphatic carbocycles. The molecule has 2 unspecified atom stereocenters. The molecule has 0 bridgehead atoms. The Hall–Kier alpha value is -5.02. The van der Waals surface area contributed by atoms with Gasteiger partial charge < -0.3 is 57.6 Å². The number of nitrogens with one attached hydrogen (secondary N) is 4. The molecule has 68 heavy (non-hydrogen) atoms. The molecule has 10 N–H and O–H groups in total. The van der Waals surface area contributed by atoms with Crippen molar-refractivity contribution in [1.82, 2.24) is 41.0 Å². The Morgan fingerprint density at radius 3 is 2.24 bits per heavy atom. The number of fused-ring (bicyclic) bond motifs is 1. The molecule has 0 spiro atoms. The van der Waals surface area contributed by atoms with Gasteiger partial charge in [0.25, 0.3) is 0 Å². The molecule has 1 aromatic carbocycles. The normalized spacial score (nSPS) is 22.1. The maximum atomic E-state index is 14.0. The van der Waals surface area contributed by atoms with Gasteiger partial charge in [-0.25, -0.2) is 4.98 Å². The summed E-state index contributed by atoms with van der Waals surface area (Å²) in [6.07, 6.45) is 4.48. The summed E-state index contributed by atoms with van der Waals surface area (Å²) in [5.74, 6) is -2.51. The van der Waals surface area contributed by atoms with Crippen LogP contribution < -0.4 is 32.7 Å². The van der Waals surface area contributed by atoms with E-state index in [9.17, 15) is 43.8 Å². The highest BCUT2D eigenvalue weighted by molar-refractivity contribution is 7.13. The average Bonchev–Trinajstić information content (AvgIpc) is 4.03. The Labute approximate surface area is 403 Å². The summed E-state index contributed by atoms with van der Waals surface area (Å²) in [5, 5.41) is 31.9. The molecule has 3 fully saturated rings. The SMILES string of the molecule is CC(=O)N1CC[C@H]2CC[C@@H](C(=O)N[C@@H](CCC(N)O)C(=O)NCCCCCCCCC(=O)NC(C(=O)N3C[C@H](O)C[C@H]3C(=O)NCc3ccc(-c4scnc4C)cc3)C(C)(C)C)N2C(=O)[C@@H](N)C1. The fourth-order valence-corrected chi connectivity index (χ4v) is 10.1. The second kappa shape index (κ2) is 25.0. The van der Waals surface area contributed by atoms with Gasteiger partial charge in [-0.1, -0.05) is 70.7 Å². The Morgan fingerprint density at radius 1 is 0.897 bits per heavy atom. The lowest BCUT2D eigenvalue weighted by molar-refractivity contribution is -0.144. The van der Waals surface area contributed by atoms with E-state index in [0.29, 0.717) is 45.2 Å². The van der Waals surface area contributed by atoms with Crippen LogP contribution in [0.25, 0.3) is 10.4 Å². The molecule has 376 valence electrons. The molecule has 8 atom stereocenters. The van der Waals surface area contributed by atoms with Crippen LogP contribution in [0.15, 0.2) is 29.8 Å². The number of aliphatic hydroxyl groups is 2. The lowest BCUT2D eigenvalue weighted by atomic mass is 9.85. The molecule has 0 saturated carbocycles. The van der Waals surface area contributed by atoms with E-state index >= 15 is 0 Å². The molecule has 5 rings (SSSR count). The molecule has 3 aliphatic heterocycles. The second-order valence-electron chi connectivity index (χ2n) is 19.7. The summed E-state index contributed by atoms with van der Waals surface area (Å²) in [4.78, 5) is 103. The van der Waals surface area contributed by atoms with Crippen LogP contribution in [0.4, 0.5) is 0 Å². The van der Waals surface area contributed by atoms with E-state index in [1.54, 1.807) is 21.7 Å². The predicted molar refractivity (Wildman–Crippen MR) is 257 cm³/mol. The number of aromatic nitrogens is 1. The van der Waals surface area contributed by atoms with Gasteiger partial charge in [0.2, 0.25) is 41.4 Å². The number of aryl methyl sites for hydroxylation is 1. The second-order valence-corrected chi connectivity index (χ2v) is 20.5. The first kappa shape index (κ1) is 53.9. The van der Waals surface area contributed by atoms with Crippen molar-refractivity contribution in [1.29, 1.82) is 0 Å². The first-order chi connectivity index (χ1) is 32.2. The van der Waals surface area contributed by atoms with Gasteiger partial charge in [0.1, 0.15) is 36.4 Å². The van der Waals surface area contributed by atoms with Crippen molar-refractivity contribution in [3.8, 4) is 10.4 Å². The molecule has 1 aromatic heterocycles. The first-order valence-corrected chi connectivity index (χ1v) is 25.0. The Kier molecular flexibility index (Phi) is 19.8. The number of rotatable bonds is 21. The topological polar surface area (TPSA) is 283 Å². The molecule has 7 amide bonds. The number of carbonyl (C=O) groups is 7. The van der Waals surface area contributed by atoms with Crippen LogP contribution in [0.2, 0.25) is 0 Å². The predicted octanol–water partition coefficient (Wildman–Crippen LogP) is 1.56. The fourth-order valence-electron chi connectivity index (χ4n) is 9.29. The zero-order chi connectivity index (χ0) is 49.7. The highest BCUT2D eigenvalue weighted by Gasteiger charge is 2.46. The third-order valence-electron chi connectivity index (χ3n) is 13.2. The highest BCUT2D eigenvalue weighted by atomic mass is 32.1. The van der Waals surface area contributed by atoms with Crippen molar-refractivity contribution in [3.05, 3.63) is 41.0 Å². The minimum atomic E-state index is -1.18. The highest BCUT2D eigenvalue weighted by Crippen LogP contribution is 2.31. The number of β-amino-alcohol motifs (C(OH)–C–C–N with tert-alkyl or cyclic N) is 1. The summed E-state index contributed by atoms with van der Waals surface area (Å²) >= 11 is 1.57. The van der Waals surface area contributed by atoms with Crippen LogP contribution in [0.1, 0.15) is 122 Å². The van der Waals surface area contributed by atoms with E-state index in [0.717, 1.165) is 47.4 Å². The number of hydrogen-bond acceptors (Lipinski definition) is 13. The quantitative estimate of drug-likeness (QED) is 0.0654. The molecule has 4 heterocycles.